The molecule has 4 rings (SSSR count). The van der Waals surface area contributed by atoms with Crippen molar-refractivity contribution in [3.05, 3.63) is 95.7 Å². The summed E-state index contributed by atoms with van der Waals surface area (Å²) in [4.78, 5) is 25.5. The molecule has 7 nitrogen and oxygen atoms in total. The van der Waals surface area contributed by atoms with Gasteiger partial charge in [0.25, 0.3) is 5.91 Å². The Morgan fingerprint density at radius 1 is 1.00 bits per heavy atom. The molecule has 1 aromatic heterocycles. The van der Waals surface area contributed by atoms with Gasteiger partial charge in [-0.3, -0.25) is 4.79 Å². The number of para-hydroxylation sites is 3. The highest BCUT2D eigenvalue weighted by atomic mass is 16.6. The number of amides is 1. The Balaban J connectivity index is 1.52. The van der Waals surface area contributed by atoms with Crippen molar-refractivity contribution in [2.75, 3.05) is 5.32 Å². The summed E-state index contributed by atoms with van der Waals surface area (Å²) in [5.41, 5.74) is 1.69. The van der Waals surface area contributed by atoms with Crippen molar-refractivity contribution in [1.82, 2.24) is 0 Å². The standard InChI is InChI=1S/C26H20N2O5/c1-17(25(29)28-22-13-7-5-9-18(22)15-27)32-26(30)24-21(16-31-19-10-3-2-4-11-19)20-12-6-8-14-23(20)33-24/h2-14,17H,16H2,1H3,(H,28,29). The molecule has 7 heteroatoms. The van der Waals surface area contributed by atoms with Crippen LogP contribution in [0.3, 0.4) is 0 Å². The number of anilines is 1. The van der Waals surface area contributed by atoms with Gasteiger partial charge in [0, 0.05) is 5.39 Å². The number of carbonyl (C=O) groups is 2. The molecule has 164 valence electrons. The van der Waals surface area contributed by atoms with Crippen molar-refractivity contribution < 1.29 is 23.5 Å². The monoisotopic (exact) mass is 440 g/mol. The number of nitrogens with zero attached hydrogens (tertiary/aromatic N) is 1. The summed E-state index contributed by atoms with van der Waals surface area (Å²) >= 11 is 0. The smallest absolute Gasteiger partial charge is 0.375 e. The molecule has 0 aliphatic carbocycles. The summed E-state index contributed by atoms with van der Waals surface area (Å²) in [6.07, 6.45) is -1.12. The summed E-state index contributed by atoms with van der Waals surface area (Å²) in [5.74, 6) is -0.728. The van der Waals surface area contributed by atoms with Crippen molar-refractivity contribution >= 4 is 28.5 Å². The van der Waals surface area contributed by atoms with E-state index in [0.717, 1.165) is 5.39 Å². The molecule has 0 saturated heterocycles. The maximum Gasteiger partial charge on any atom is 0.375 e. The predicted molar refractivity (Wildman–Crippen MR) is 122 cm³/mol. The topological polar surface area (TPSA) is 102 Å². The SMILES string of the molecule is CC(OC(=O)c1oc2ccccc2c1COc1ccccc1)C(=O)Nc1ccccc1C#N. The molecule has 0 fully saturated rings. The van der Waals surface area contributed by atoms with E-state index in [1.165, 1.54) is 6.92 Å². The van der Waals surface area contributed by atoms with E-state index in [-0.39, 0.29) is 12.4 Å². The number of esters is 1. The van der Waals surface area contributed by atoms with Crippen LogP contribution in [0, 0.1) is 11.3 Å². The van der Waals surface area contributed by atoms with E-state index in [2.05, 4.69) is 5.32 Å². The molecule has 0 radical (unpaired) electrons. The molecule has 1 heterocycles. The van der Waals surface area contributed by atoms with Crippen molar-refractivity contribution in [2.24, 2.45) is 0 Å². The van der Waals surface area contributed by atoms with E-state index in [1.54, 1.807) is 36.4 Å². The lowest BCUT2D eigenvalue weighted by atomic mass is 10.1. The van der Waals surface area contributed by atoms with Crippen LogP contribution in [0.2, 0.25) is 0 Å². The third-order valence-corrected chi connectivity index (χ3v) is 4.97. The molecule has 1 N–H and O–H groups in total. The van der Waals surface area contributed by atoms with E-state index in [4.69, 9.17) is 13.9 Å². The average Bonchev–Trinajstić information content (AvgIpc) is 3.22. The highest BCUT2D eigenvalue weighted by Crippen LogP contribution is 2.28. The van der Waals surface area contributed by atoms with Gasteiger partial charge < -0.3 is 19.2 Å². The third kappa shape index (κ3) is 4.86. The van der Waals surface area contributed by atoms with E-state index in [1.807, 2.05) is 48.5 Å². The molecule has 3 aromatic carbocycles. The summed E-state index contributed by atoms with van der Waals surface area (Å²) in [6, 6.07) is 25.0. The van der Waals surface area contributed by atoms with Crippen LogP contribution in [0.5, 0.6) is 5.75 Å². The van der Waals surface area contributed by atoms with Gasteiger partial charge in [0.2, 0.25) is 5.76 Å². The first-order chi connectivity index (χ1) is 16.1. The quantitative estimate of drug-likeness (QED) is 0.403. The van der Waals surface area contributed by atoms with E-state index < -0.39 is 18.0 Å². The van der Waals surface area contributed by atoms with Crippen molar-refractivity contribution in [3.8, 4) is 11.8 Å². The van der Waals surface area contributed by atoms with Crippen LogP contribution in [-0.4, -0.2) is 18.0 Å². The molecule has 33 heavy (non-hydrogen) atoms. The fourth-order valence-electron chi connectivity index (χ4n) is 3.27. The van der Waals surface area contributed by atoms with Gasteiger partial charge >= 0.3 is 5.97 Å². The number of hydrogen-bond acceptors (Lipinski definition) is 6. The van der Waals surface area contributed by atoms with Crippen LogP contribution in [0.25, 0.3) is 11.0 Å². The Kier molecular flexibility index (Phi) is 6.37. The summed E-state index contributed by atoms with van der Waals surface area (Å²) < 4.78 is 17.0. The average molecular weight is 440 g/mol. The lowest BCUT2D eigenvalue weighted by Gasteiger charge is -2.14. The van der Waals surface area contributed by atoms with Gasteiger partial charge in [-0.1, -0.05) is 48.5 Å². The molecule has 4 aromatic rings. The molecular formula is C26H20N2O5. The molecule has 0 aliphatic heterocycles. The Hall–Kier alpha value is -4.57. The molecule has 0 spiro atoms. The molecular weight excluding hydrogens is 420 g/mol. The minimum Gasteiger partial charge on any atom is -0.489 e. The van der Waals surface area contributed by atoms with Crippen molar-refractivity contribution in [1.29, 1.82) is 5.26 Å². The minimum absolute atomic E-state index is 0.0239. The fraction of sp³-hybridized carbons (Fsp3) is 0.115. The number of benzene rings is 3. The van der Waals surface area contributed by atoms with E-state index in [0.29, 0.717) is 28.1 Å². The van der Waals surface area contributed by atoms with Crippen LogP contribution < -0.4 is 10.1 Å². The summed E-state index contributed by atoms with van der Waals surface area (Å²) in [5, 5.41) is 12.5. The lowest BCUT2D eigenvalue weighted by molar-refractivity contribution is -0.123. The van der Waals surface area contributed by atoms with Gasteiger partial charge in [-0.15, -0.1) is 0 Å². The van der Waals surface area contributed by atoms with Crippen molar-refractivity contribution in [2.45, 2.75) is 19.6 Å². The fourth-order valence-corrected chi connectivity index (χ4v) is 3.27. The Morgan fingerprint density at radius 2 is 1.70 bits per heavy atom. The Bertz CT molecular complexity index is 1340. The van der Waals surface area contributed by atoms with Crippen LogP contribution in [0.15, 0.2) is 83.3 Å². The zero-order valence-electron chi connectivity index (χ0n) is 17.8. The number of nitriles is 1. The van der Waals surface area contributed by atoms with Crippen LogP contribution in [-0.2, 0) is 16.1 Å². The highest BCUT2D eigenvalue weighted by Gasteiger charge is 2.26. The van der Waals surface area contributed by atoms with Gasteiger partial charge in [-0.2, -0.15) is 5.26 Å². The molecule has 0 bridgehead atoms. The maximum absolute atomic E-state index is 12.9. The minimum atomic E-state index is -1.12. The van der Waals surface area contributed by atoms with Gasteiger partial charge in [0.1, 0.15) is 24.0 Å². The Morgan fingerprint density at radius 3 is 2.48 bits per heavy atom. The molecule has 1 unspecified atom stereocenters. The molecule has 1 atom stereocenters. The van der Waals surface area contributed by atoms with Gasteiger partial charge in [0.05, 0.1) is 16.8 Å². The first-order valence-electron chi connectivity index (χ1n) is 10.3. The number of hydrogen-bond donors (Lipinski definition) is 1. The second kappa shape index (κ2) is 9.71. The summed E-state index contributed by atoms with van der Waals surface area (Å²) in [7, 11) is 0. The lowest BCUT2D eigenvalue weighted by Crippen LogP contribution is -2.30. The number of nitrogens with one attached hydrogen (secondary N) is 1. The van der Waals surface area contributed by atoms with Gasteiger partial charge in [-0.25, -0.2) is 4.79 Å². The van der Waals surface area contributed by atoms with E-state index >= 15 is 0 Å². The third-order valence-electron chi connectivity index (χ3n) is 4.97. The first kappa shape index (κ1) is 21.7. The van der Waals surface area contributed by atoms with Gasteiger partial charge in [-0.05, 0) is 37.3 Å². The first-order valence-corrected chi connectivity index (χ1v) is 10.3. The number of furan rings is 1. The summed E-state index contributed by atoms with van der Waals surface area (Å²) in [6.45, 7) is 1.53. The van der Waals surface area contributed by atoms with Crippen molar-refractivity contribution in [3.63, 3.8) is 0 Å². The van der Waals surface area contributed by atoms with Crippen LogP contribution >= 0.6 is 0 Å². The molecule has 0 aliphatic rings. The maximum atomic E-state index is 12.9. The number of fused-ring (bicyclic) bond motifs is 1. The number of ether oxygens (including phenoxy) is 2. The predicted octanol–water partition coefficient (Wildman–Crippen LogP) is 5.07. The van der Waals surface area contributed by atoms with Crippen LogP contribution in [0.4, 0.5) is 5.69 Å². The molecule has 1 amide bonds. The second-order valence-corrected chi connectivity index (χ2v) is 7.20. The largest absolute Gasteiger partial charge is 0.489 e. The normalized spacial score (nSPS) is 11.4. The van der Waals surface area contributed by atoms with E-state index in [9.17, 15) is 14.9 Å². The Labute approximate surface area is 190 Å². The highest BCUT2D eigenvalue weighted by molar-refractivity contribution is 5.99. The molecule has 0 saturated carbocycles. The van der Waals surface area contributed by atoms with Crippen LogP contribution in [0.1, 0.15) is 28.6 Å². The van der Waals surface area contributed by atoms with Gasteiger partial charge in [0.15, 0.2) is 6.10 Å². The zero-order valence-corrected chi connectivity index (χ0v) is 17.8. The number of carbonyl (C=O) groups excluding carboxylic acids is 2. The zero-order chi connectivity index (χ0) is 23.2. The number of rotatable bonds is 7. The second-order valence-electron chi connectivity index (χ2n) is 7.20.